The van der Waals surface area contributed by atoms with E-state index in [0.717, 1.165) is 19.5 Å². The van der Waals surface area contributed by atoms with E-state index < -0.39 is 5.97 Å². The van der Waals surface area contributed by atoms with Gasteiger partial charge in [0, 0.05) is 19.1 Å². The second-order valence-electron chi connectivity index (χ2n) is 5.37. The fourth-order valence-electron chi connectivity index (χ4n) is 3.03. The van der Waals surface area contributed by atoms with Crippen LogP contribution in [0.25, 0.3) is 0 Å². The van der Waals surface area contributed by atoms with Crippen molar-refractivity contribution < 1.29 is 13.9 Å². The van der Waals surface area contributed by atoms with Crippen molar-refractivity contribution in [3.63, 3.8) is 0 Å². The minimum atomic E-state index is -0.419. The Balaban J connectivity index is 1.61. The molecular formula is C14H21N3O3. The van der Waals surface area contributed by atoms with Crippen LogP contribution >= 0.6 is 0 Å². The monoisotopic (exact) mass is 279 g/mol. The molecule has 0 saturated carbocycles. The van der Waals surface area contributed by atoms with Gasteiger partial charge in [0.25, 0.3) is 6.01 Å². The molecule has 110 valence electrons. The molecule has 2 fully saturated rings. The summed E-state index contributed by atoms with van der Waals surface area (Å²) >= 11 is 0. The number of hydrogen-bond donors (Lipinski definition) is 0. The summed E-state index contributed by atoms with van der Waals surface area (Å²) in [7, 11) is 0. The molecule has 1 unspecified atom stereocenters. The van der Waals surface area contributed by atoms with Crippen LogP contribution in [0, 0.1) is 0 Å². The van der Waals surface area contributed by atoms with E-state index >= 15 is 0 Å². The molecule has 0 spiro atoms. The Morgan fingerprint density at radius 2 is 2.25 bits per heavy atom. The van der Waals surface area contributed by atoms with Crippen molar-refractivity contribution in [2.75, 3.05) is 37.7 Å². The molecule has 3 rings (SSSR count). The fraction of sp³-hybridized carbons (Fsp3) is 0.714. The summed E-state index contributed by atoms with van der Waals surface area (Å²) in [5.74, 6) is -0.419. The fourth-order valence-corrected chi connectivity index (χ4v) is 3.03. The van der Waals surface area contributed by atoms with Gasteiger partial charge in [0.15, 0.2) is 5.69 Å². The van der Waals surface area contributed by atoms with Crippen LogP contribution in [0.15, 0.2) is 10.7 Å². The number of carbonyl (C=O) groups is 1. The number of carbonyl (C=O) groups excluding carboxylic acids is 1. The van der Waals surface area contributed by atoms with Gasteiger partial charge in [-0.2, -0.15) is 4.98 Å². The Morgan fingerprint density at radius 1 is 1.45 bits per heavy atom. The summed E-state index contributed by atoms with van der Waals surface area (Å²) in [4.78, 5) is 20.5. The third-order valence-corrected chi connectivity index (χ3v) is 4.07. The standard InChI is InChI=1S/C14H21N3O3/c1-2-19-13(18)12-10-20-14(15-12)17-8-5-11(9-17)16-6-3-4-7-16/h10-11H,2-9H2,1H3. The molecule has 3 heterocycles. The summed E-state index contributed by atoms with van der Waals surface area (Å²) < 4.78 is 10.3. The highest BCUT2D eigenvalue weighted by atomic mass is 16.5. The molecule has 1 aromatic heterocycles. The Bertz CT molecular complexity index is 468. The average Bonchev–Trinajstić information content (AvgIpc) is 3.19. The highest BCUT2D eigenvalue weighted by molar-refractivity contribution is 5.87. The quantitative estimate of drug-likeness (QED) is 0.779. The van der Waals surface area contributed by atoms with E-state index in [1.54, 1.807) is 6.92 Å². The number of aromatic nitrogens is 1. The van der Waals surface area contributed by atoms with Gasteiger partial charge in [0.1, 0.15) is 6.26 Å². The highest BCUT2D eigenvalue weighted by Crippen LogP contribution is 2.24. The van der Waals surface area contributed by atoms with Crippen molar-refractivity contribution in [2.45, 2.75) is 32.2 Å². The lowest BCUT2D eigenvalue weighted by molar-refractivity contribution is 0.0519. The van der Waals surface area contributed by atoms with Crippen LogP contribution in [0.2, 0.25) is 0 Å². The van der Waals surface area contributed by atoms with Gasteiger partial charge >= 0.3 is 5.97 Å². The zero-order chi connectivity index (χ0) is 13.9. The molecule has 0 N–H and O–H groups in total. The predicted molar refractivity (Wildman–Crippen MR) is 73.9 cm³/mol. The Morgan fingerprint density at radius 3 is 3.00 bits per heavy atom. The number of esters is 1. The van der Waals surface area contributed by atoms with Crippen LogP contribution in [0.5, 0.6) is 0 Å². The first-order valence-corrected chi connectivity index (χ1v) is 7.39. The SMILES string of the molecule is CCOC(=O)c1coc(N2CCC(N3CCCC3)C2)n1. The highest BCUT2D eigenvalue weighted by Gasteiger charge is 2.31. The molecule has 6 heteroatoms. The van der Waals surface area contributed by atoms with Gasteiger partial charge in [-0.25, -0.2) is 4.79 Å². The molecule has 0 aromatic carbocycles. The lowest BCUT2D eigenvalue weighted by Crippen LogP contribution is -2.35. The first-order chi connectivity index (χ1) is 9.78. The van der Waals surface area contributed by atoms with Gasteiger partial charge in [0.05, 0.1) is 6.61 Å². The van der Waals surface area contributed by atoms with E-state index in [1.807, 2.05) is 0 Å². The number of oxazole rings is 1. The van der Waals surface area contributed by atoms with Crippen LogP contribution in [0.3, 0.4) is 0 Å². The van der Waals surface area contributed by atoms with E-state index in [0.29, 0.717) is 18.7 Å². The summed E-state index contributed by atoms with van der Waals surface area (Å²) in [5.41, 5.74) is 0.256. The molecule has 20 heavy (non-hydrogen) atoms. The summed E-state index contributed by atoms with van der Waals surface area (Å²) in [5, 5.41) is 0. The maximum absolute atomic E-state index is 11.6. The van der Waals surface area contributed by atoms with Crippen molar-refractivity contribution in [3.05, 3.63) is 12.0 Å². The van der Waals surface area contributed by atoms with E-state index in [9.17, 15) is 4.79 Å². The second-order valence-corrected chi connectivity index (χ2v) is 5.37. The first-order valence-electron chi connectivity index (χ1n) is 7.39. The van der Waals surface area contributed by atoms with Gasteiger partial charge in [-0.3, -0.25) is 4.90 Å². The lowest BCUT2D eigenvalue weighted by atomic mass is 10.2. The third kappa shape index (κ3) is 2.65. The molecule has 6 nitrogen and oxygen atoms in total. The van der Waals surface area contributed by atoms with Crippen molar-refractivity contribution >= 4 is 12.0 Å². The zero-order valence-electron chi connectivity index (χ0n) is 11.9. The van der Waals surface area contributed by atoms with Crippen molar-refractivity contribution in [3.8, 4) is 0 Å². The molecular weight excluding hydrogens is 258 g/mol. The Kier molecular flexibility index (Phi) is 3.91. The molecule has 0 bridgehead atoms. The van der Waals surface area contributed by atoms with Crippen LogP contribution < -0.4 is 4.90 Å². The molecule has 2 saturated heterocycles. The van der Waals surface area contributed by atoms with Gasteiger partial charge in [-0.1, -0.05) is 0 Å². The van der Waals surface area contributed by atoms with Crippen LogP contribution in [-0.4, -0.2) is 54.7 Å². The van der Waals surface area contributed by atoms with Gasteiger partial charge in [0.2, 0.25) is 0 Å². The van der Waals surface area contributed by atoms with E-state index in [4.69, 9.17) is 9.15 Å². The number of ether oxygens (including phenoxy) is 1. The minimum absolute atomic E-state index is 0.256. The molecule has 0 aliphatic carbocycles. The average molecular weight is 279 g/mol. The molecule has 2 aliphatic rings. The molecule has 2 aliphatic heterocycles. The summed E-state index contributed by atoms with van der Waals surface area (Å²) in [6.07, 6.45) is 5.14. The Labute approximate surface area is 118 Å². The van der Waals surface area contributed by atoms with Crippen molar-refractivity contribution in [1.29, 1.82) is 0 Å². The van der Waals surface area contributed by atoms with Crippen molar-refractivity contribution in [2.24, 2.45) is 0 Å². The second kappa shape index (κ2) is 5.83. The lowest BCUT2D eigenvalue weighted by Gasteiger charge is -2.22. The maximum Gasteiger partial charge on any atom is 0.360 e. The predicted octanol–water partition coefficient (Wildman–Crippen LogP) is 1.53. The van der Waals surface area contributed by atoms with E-state index in [-0.39, 0.29) is 5.69 Å². The molecule has 1 aromatic rings. The normalized spacial score (nSPS) is 23.4. The summed E-state index contributed by atoms with van der Waals surface area (Å²) in [6, 6.07) is 1.13. The van der Waals surface area contributed by atoms with Gasteiger partial charge in [-0.15, -0.1) is 0 Å². The molecule has 0 amide bonds. The number of likely N-dealkylation sites (tertiary alicyclic amines) is 1. The van der Waals surface area contributed by atoms with Crippen LogP contribution in [-0.2, 0) is 4.74 Å². The van der Waals surface area contributed by atoms with Crippen LogP contribution in [0.1, 0.15) is 36.7 Å². The minimum Gasteiger partial charge on any atom is -0.461 e. The topological polar surface area (TPSA) is 58.8 Å². The van der Waals surface area contributed by atoms with Gasteiger partial charge < -0.3 is 14.1 Å². The number of rotatable bonds is 4. The smallest absolute Gasteiger partial charge is 0.360 e. The Hall–Kier alpha value is -1.56. The van der Waals surface area contributed by atoms with E-state index in [2.05, 4.69) is 14.8 Å². The number of anilines is 1. The van der Waals surface area contributed by atoms with E-state index in [1.165, 1.54) is 32.2 Å². The number of hydrogen-bond acceptors (Lipinski definition) is 6. The largest absolute Gasteiger partial charge is 0.461 e. The van der Waals surface area contributed by atoms with Crippen LogP contribution in [0.4, 0.5) is 6.01 Å². The van der Waals surface area contributed by atoms with Gasteiger partial charge in [-0.05, 0) is 39.3 Å². The number of nitrogens with zero attached hydrogens (tertiary/aromatic N) is 3. The van der Waals surface area contributed by atoms with Crippen molar-refractivity contribution in [1.82, 2.24) is 9.88 Å². The molecule has 0 radical (unpaired) electrons. The molecule has 1 atom stereocenters. The zero-order valence-corrected chi connectivity index (χ0v) is 11.9. The third-order valence-electron chi connectivity index (χ3n) is 4.07. The summed E-state index contributed by atoms with van der Waals surface area (Å²) in [6.45, 7) is 6.41. The first kappa shape index (κ1) is 13.4. The maximum atomic E-state index is 11.6.